The highest BCUT2D eigenvalue weighted by molar-refractivity contribution is 7.99. The van der Waals surface area contributed by atoms with Gasteiger partial charge in [-0.1, -0.05) is 43.2 Å². The number of piperazine rings is 1. The van der Waals surface area contributed by atoms with Crippen LogP contribution in [0.25, 0.3) is 33.3 Å². The maximum atomic E-state index is 14.2. The van der Waals surface area contributed by atoms with Gasteiger partial charge in [-0.3, -0.25) is 19.8 Å². The minimum Gasteiger partial charge on any atom is -0.381 e. The van der Waals surface area contributed by atoms with E-state index in [4.69, 9.17) is 21.3 Å². The molecule has 2 saturated heterocycles. The first-order valence-corrected chi connectivity index (χ1v) is 24.1. The molecule has 2 aliphatic heterocycles. The number of H-pyrrole nitrogens is 1. The maximum Gasteiger partial charge on any atom is 0.284 e. The predicted octanol–water partition coefficient (Wildman–Crippen LogP) is 8.89. The van der Waals surface area contributed by atoms with E-state index in [1.807, 2.05) is 36.4 Å². The molecule has 63 heavy (non-hydrogen) atoms. The number of benzene rings is 3. The summed E-state index contributed by atoms with van der Waals surface area (Å²) in [4.78, 5) is 38.4. The Hall–Kier alpha value is -5.26. The van der Waals surface area contributed by atoms with Gasteiger partial charge in [0.15, 0.2) is 0 Å². The molecule has 0 radical (unpaired) electrons. The Morgan fingerprint density at radius 1 is 1.03 bits per heavy atom. The molecule has 0 atom stereocenters. The molecule has 9 rings (SSSR count). The van der Waals surface area contributed by atoms with Crippen LogP contribution in [0.15, 0.2) is 101 Å². The van der Waals surface area contributed by atoms with Crippen LogP contribution in [-0.4, -0.2) is 95.6 Å². The van der Waals surface area contributed by atoms with Gasteiger partial charge in [-0.25, -0.2) is 22.8 Å². The van der Waals surface area contributed by atoms with Gasteiger partial charge in [0.2, 0.25) is 0 Å². The van der Waals surface area contributed by atoms with Crippen molar-refractivity contribution >= 4 is 78.3 Å². The molecule has 1 amide bonds. The van der Waals surface area contributed by atoms with E-state index in [2.05, 4.69) is 50.6 Å². The lowest BCUT2D eigenvalue weighted by Gasteiger charge is -2.39. The van der Waals surface area contributed by atoms with Crippen LogP contribution in [-0.2, 0) is 14.8 Å². The van der Waals surface area contributed by atoms with Crippen LogP contribution in [0.4, 0.5) is 11.4 Å². The summed E-state index contributed by atoms with van der Waals surface area (Å²) < 4.78 is 36.9. The van der Waals surface area contributed by atoms with Crippen LogP contribution >= 0.6 is 23.4 Å². The average Bonchev–Trinajstić information content (AvgIpc) is 3.92. The zero-order chi connectivity index (χ0) is 43.9. The number of sulfonamides is 1. The van der Waals surface area contributed by atoms with Gasteiger partial charge >= 0.3 is 0 Å². The van der Waals surface area contributed by atoms with Gasteiger partial charge in [0.1, 0.15) is 11.2 Å². The Morgan fingerprint density at radius 2 is 1.81 bits per heavy atom. The van der Waals surface area contributed by atoms with Crippen LogP contribution in [0, 0.1) is 21.4 Å². The number of nitrogens with zero attached hydrogens (tertiary/aromatic N) is 6. The zero-order valence-corrected chi connectivity index (χ0v) is 37.6. The molecule has 14 nitrogen and oxygen atoms in total. The van der Waals surface area contributed by atoms with Crippen molar-refractivity contribution in [2.75, 3.05) is 56.6 Å². The number of nitro groups is 1. The van der Waals surface area contributed by atoms with E-state index in [1.165, 1.54) is 40.6 Å². The topological polar surface area (TPSA) is 169 Å². The molecule has 0 saturated carbocycles. The van der Waals surface area contributed by atoms with Gasteiger partial charge in [0.25, 0.3) is 21.6 Å². The number of hydrogen-bond donors (Lipinski definition) is 2. The molecule has 5 heterocycles. The van der Waals surface area contributed by atoms with E-state index < -0.39 is 20.9 Å². The number of nitrogens with one attached hydrogen (secondary N) is 2. The summed E-state index contributed by atoms with van der Waals surface area (Å²) in [5.41, 5.74) is 7.20. The molecule has 2 fully saturated rings. The molecule has 0 unspecified atom stereocenters. The molecule has 328 valence electrons. The van der Waals surface area contributed by atoms with Crippen LogP contribution in [0.5, 0.6) is 0 Å². The van der Waals surface area contributed by atoms with Gasteiger partial charge in [-0.05, 0) is 109 Å². The fourth-order valence-corrected chi connectivity index (χ4v) is 11.2. The van der Waals surface area contributed by atoms with Crippen LogP contribution in [0.3, 0.4) is 0 Å². The van der Waals surface area contributed by atoms with E-state index in [0.717, 1.165) is 87.0 Å². The number of carbonyl (C=O) groups is 1. The van der Waals surface area contributed by atoms with Gasteiger partial charge in [-0.15, -0.1) is 11.8 Å². The fraction of sp³-hybridized carbons (Fsp3) is 0.370. The number of hydrogen-bond acceptors (Lipinski definition) is 11. The Labute approximate surface area is 375 Å². The van der Waals surface area contributed by atoms with E-state index >= 15 is 0 Å². The third kappa shape index (κ3) is 9.36. The van der Waals surface area contributed by atoms with Gasteiger partial charge in [-0.2, -0.15) is 5.10 Å². The van der Waals surface area contributed by atoms with E-state index in [0.29, 0.717) is 52.1 Å². The number of nitro benzene ring substituents is 1. The van der Waals surface area contributed by atoms with E-state index in [9.17, 15) is 23.3 Å². The number of pyridine rings is 1. The number of rotatable bonds is 12. The summed E-state index contributed by atoms with van der Waals surface area (Å²) in [6.45, 7) is 10.0. The Bertz CT molecular complexity index is 2840. The highest BCUT2D eigenvalue weighted by Crippen LogP contribution is 2.43. The number of thioether (sulfide) groups is 1. The third-order valence-corrected chi connectivity index (χ3v) is 15.4. The minimum absolute atomic E-state index is 0.0557. The summed E-state index contributed by atoms with van der Waals surface area (Å²) in [5.74, 6) is 0.0964. The summed E-state index contributed by atoms with van der Waals surface area (Å²) in [6.07, 6.45) is 8.34. The number of aromatic nitrogens is 4. The number of carbonyl (C=O) groups excluding carboxylic acids is 1. The molecule has 0 bridgehead atoms. The second kappa shape index (κ2) is 17.7. The average molecular weight is 910 g/mol. The number of aromatic amines is 1. The molecule has 2 N–H and O–H groups in total. The number of halogens is 1. The standard InChI is InChI=1S/C46H49ClN8O6S2/c1-46(2)15-11-33(38(26-46)31-3-5-34(47)6-4-31)28-52-17-19-53(20-18-52)35-7-9-37(40(24-35)54-41-23-32-12-16-48-44(32)50-39(41)27-49-54)45(56)51-63(59,60)36-8-10-43(42(25-36)55(57)58)62-29-30-13-21-61-22-14-30/h3-10,12,16,23-25,27,30H,11,13-15,17-22,26,28-29H2,1-2H3,(H,48,50)(H,51,56). The Morgan fingerprint density at radius 3 is 2.57 bits per heavy atom. The van der Waals surface area contributed by atoms with Crippen molar-refractivity contribution in [2.24, 2.45) is 11.3 Å². The lowest BCUT2D eigenvalue weighted by Crippen LogP contribution is -2.47. The van der Waals surface area contributed by atoms with Crippen molar-refractivity contribution in [3.63, 3.8) is 0 Å². The van der Waals surface area contributed by atoms with Crippen LogP contribution in [0.2, 0.25) is 5.02 Å². The SMILES string of the molecule is CC1(C)CCC(CN2CCN(c3ccc(C(=O)NS(=O)(=O)c4ccc(SCC5CCOCC5)c([N+](=O)[O-])c4)c(-n4ncc5nc6[nH]ccc6cc54)c3)CC2)=C(c2ccc(Cl)cc2)C1. The second-order valence-electron chi connectivity index (χ2n) is 17.4. The molecular formula is C46H49ClN8O6S2. The number of allylic oxidation sites excluding steroid dienone is 1. The summed E-state index contributed by atoms with van der Waals surface area (Å²) >= 11 is 7.58. The highest BCUT2D eigenvalue weighted by Gasteiger charge is 2.31. The molecule has 0 spiro atoms. The quantitative estimate of drug-likeness (QED) is 0.0684. The van der Waals surface area contributed by atoms with Gasteiger partial charge < -0.3 is 14.6 Å². The zero-order valence-electron chi connectivity index (χ0n) is 35.2. The van der Waals surface area contributed by atoms with Crippen molar-refractivity contribution in [3.05, 3.63) is 117 Å². The van der Waals surface area contributed by atoms with E-state index in [1.54, 1.807) is 23.1 Å². The highest BCUT2D eigenvalue weighted by atomic mass is 35.5. The Balaban J connectivity index is 0.976. The van der Waals surface area contributed by atoms with Crippen molar-refractivity contribution in [1.82, 2.24) is 29.4 Å². The molecule has 17 heteroatoms. The number of anilines is 1. The van der Waals surface area contributed by atoms with Crippen molar-refractivity contribution in [3.8, 4) is 5.69 Å². The summed E-state index contributed by atoms with van der Waals surface area (Å²) in [6, 6.07) is 21.1. The molecule has 3 aromatic heterocycles. The molecule has 1 aliphatic carbocycles. The molecular weight excluding hydrogens is 860 g/mol. The fourth-order valence-electron chi connectivity index (χ4n) is 8.88. The molecule has 3 aliphatic rings. The predicted molar refractivity (Wildman–Crippen MR) is 247 cm³/mol. The van der Waals surface area contributed by atoms with Crippen molar-refractivity contribution in [2.45, 2.75) is 55.7 Å². The van der Waals surface area contributed by atoms with E-state index in [-0.39, 0.29) is 21.6 Å². The number of fused-ring (bicyclic) bond motifs is 2. The molecule has 3 aromatic carbocycles. The summed E-state index contributed by atoms with van der Waals surface area (Å²) in [5, 5.41) is 18.4. The Kier molecular flexibility index (Phi) is 12.1. The van der Waals surface area contributed by atoms with Crippen molar-refractivity contribution in [1.29, 1.82) is 0 Å². The van der Waals surface area contributed by atoms with Gasteiger partial charge in [0.05, 0.1) is 37.7 Å². The van der Waals surface area contributed by atoms with Crippen LogP contribution in [0.1, 0.15) is 61.9 Å². The normalized spacial score (nSPS) is 17.7. The third-order valence-electron chi connectivity index (χ3n) is 12.5. The smallest absolute Gasteiger partial charge is 0.284 e. The van der Waals surface area contributed by atoms with Crippen LogP contribution < -0.4 is 9.62 Å². The monoisotopic (exact) mass is 908 g/mol. The lowest BCUT2D eigenvalue weighted by molar-refractivity contribution is -0.388. The second-order valence-corrected chi connectivity index (χ2v) is 20.6. The summed E-state index contributed by atoms with van der Waals surface area (Å²) in [7, 11) is -4.55. The molecule has 6 aromatic rings. The first-order valence-electron chi connectivity index (χ1n) is 21.3. The largest absolute Gasteiger partial charge is 0.381 e. The number of amides is 1. The number of ether oxygens (including phenoxy) is 1. The lowest BCUT2D eigenvalue weighted by atomic mass is 9.72. The first kappa shape index (κ1) is 43.0. The minimum atomic E-state index is -4.55. The maximum absolute atomic E-state index is 14.2. The first-order chi connectivity index (χ1) is 30.3. The van der Waals surface area contributed by atoms with Gasteiger partial charge in [0, 0.05) is 80.0 Å². The van der Waals surface area contributed by atoms with Crippen molar-refractivity contribution < 1.29 is 22.9 Å².